The highest BCUT2D eigenvalue weighted by Gasteiger charge is 2.30. The van der Waals surface area contributed by atoms with Gasteiger partial charge in [0.15, 0.2) is 5.82 Å². The molecule has 0 saturated heterocycles. The number of rotatable bonds is 9. The molecule has 1 aliphatic carbocycles. The van der Waals surface area contributed by atoms with Crippen molar-refractivity contribution in [1.29, 1.82) is 0 Å². The van der Waals surface area contributed by atoms with E-state index in [1.54, 1.807) is 7.05 Å². The Bertz CT molecular complexity index is 1210. The van der Waals surface area contributed by atoms with Crippen molar-refractivity contribution < 1.29 is 24.2 Å². The number of amides is 2. The Kier molecular flexibility index (Phi) is 7.40. The molecule has 0 bridgehead atoms. The van der Waals surface area contributed by atoms with Gasteiger partial charge in [0.25, 0.3) is 5.91 Å². The van der Waals surface area contributed by atoms with Crippen LogP contribution in [0.5, 0.6) is 0 Å². The van der Waals surface area contributed by atoms with E-state index in [4.69, 9.17) is 4.74 Å². The molecule has 182 valence electrons. The topological polar surface area (TPSA) is 114 Å². The van der Waals surface area contributed by atoms with Gasteiger partial charge in [-0.25, -0.2) is 4.79 Å². The third-order valence-corrected chi connectivity index (χ3v) is 6.39. The minimum absolute atomic E-state index is 0.0225. The number of fused-ring (bicyclic) bond motifs is 3. The fourth-order valence-electron chi connectivity index (χ4n) is 4.26. The molecule has 35 heavy (non-hydrogen) atoms. The average Bonchev–Trinajstić information content (AvgIpc) is 3.37. The normalized spacial score (nSPS) is 12.1. The van der Waals surface area contributed by atoms with E-state index in [2.05, 4.69) is 22.5 Å². The molecule has 2 aromatic carbocycles. The molecule has 0 fully saturated rings. The van der Waals surface area contributed by atoms with Crippen LogP contribution in [-0.4, -0.2) is 69.5 Å². The number of thioether (sulfide) groups is 1. The number of ether oxygens (including phenoxy) is 1. The van der Waals surface area contributed by atoms with Crippen molar-refractivity contribution >= 4 is 35.5 Å². The van der Waals surface area contributed by atoms with E-state index in [9.17, 15) is 19.5 Å². The molecule has 0 atom stereocenters. The second-order valence-electron chi connectivity index (χ2n) is 8.13. The lowest BCUT2D eigenvalue weighted by molar-refractivity contribution is -0.137. The molecule has 0 saturated carbocycles. The molecule has 3 aromatic rings. The highest BCUT2D eigenvalue weighted by Crippen LogP contribution is 2.44. The van der Waals surface area contributed by atoms with E-state index in [1.807, 2.05) is 42.7 Å². The van der Waals surface area contributed by atoms with E-state index in [1.165, 1.54) is 27.5 Å². The van der Waals surface area contributed by atoms with Crippen LogP contribution < -0.4 is 5.32 Å². The molecular formula is C25H26N4O5S. The van der Waals surface area contributed by atoms with Crippen LogP contribution in [0.25, 0.3) is 11.1 Å². The van der Waals surface area contributed by atoms with Gasteiger partial charge in [-0.1, -0.05) is 48.5 Å². The van der Waals surface area contributed by atoms with E-state index in [-0.39, 0.29) is 30.5 Å². The quantitative estimate of drug-likeness (QED) is 0.467. The lowest BCUT2D eigenvalue weighted by Crippen LogP contribution is -2.37. The number of carboxylic acids is 1. The zero-order chi connectivity index (χ0) is 24.9. The highest BCUT2D eigenvalue weighted by molar-refractivity contribution is 7.98. The zero-order valence-corrected chi connectivity index (χ0v) is 20.2. The van der Waals surface area contributed by atoms with Gasteiger partial charge in [-0.2, -0.15) is 16.9 Å². The third kappa shape index (κ3) is 5.32. The number of aromatic nitrogens is 2. The van der Waals surface area contributed by atoms with E-state index >= 15 is 0 Å². The predicted octanol–water partition coefficient (Wildman–Crippen LogP) is 3.67. The van der Waals surface area contributed by atoms with Crippen LogP contribution in [0.15, 0.2) is 54.7 Å². The summed E-state index contributed by atoms with van der Waals surface area (Å²) >= 11 is 1.50. The largest absolute Gasteiger partial charge is 0.480 e. The number of nitrogens with one attached hydrogen (secondary N) is 1. The number of carbonyl (C=O) groups is 3. The molecule has 0 unspecified atom stereocenters. The number of nitrogens with zero attached hydrogens (tertiary/aromatic N) is 3. The summed E-state index contributed by atoms with van der Waals surface area (Å²) in [5.41, 5.74) is 4.53. The number of carboxylic acid groups (broad SMARTS) is 1. The summed E-state index contributed by atoms with van der Waals surface area (Å²) in [6.45, 7) is -0.0704. The van der Waals surface area contributed by atoms with Crippen LogP contribution in [0, 0.1) is 0 Å². The summed E-state index contributed by atoms with van der Waals surface area (Å²) in [5.74, 6) is -1.14. The second kappa shape index (κ2) is 10.6. The molecule has 1 heterocycles. The van der Waals surface area contributed by atoms with Gasteiger partial charge in [-0.3, -0.25) is 19.6 Å². The van der Waals surface area contributed by atoms with E-state index < -0.39 is 24.5 Å². The molecule has 1 aliphatic rings. The lowest BCUT2D eigenvalue weighted by Gasteiger charge is -2.20. The number of carbonyl (C=O) groups excluding carboxylic acids is 2. The standard InChI is InChI=1S/C25H26N4O5S/c1-28-13-20(24(32)29(11-12-35-2)14-22(30)31)23(27-28)26-25(33)34-15-21-18-9-5-3-7-16(18)17-8-4-6-10-19(17)21/h3-10,13,21H,11-12,14-15H2,1-2H3,(H,30,31)(H,26,27,33). The summed E-state index contributed by atoms with van der Waals surface area (Å²) in [4.78, 5) is 38.2. The van der Waals surface area contributed by atoms with Gasteiger partial charge < -0.3 is 14.7 Å². The average molecular weight is 495 g/mol. The van der Waals surface area contributed by atoms with Crippen LogP contribution in [-0.2, 0) is 16.6 Å². The summed E-state index contributed by atoms with van der Waals surface area (Å²) in [5, 5.41) is 15.9. The van der Waals surface area contributed by atoms with Crippen LogP contribution in [0.1, 0.15) is 27.4 Å². The Balaban J connectivity index is 1.47. The van der Waals surface area contributed by atoms with E-state index in [0.29, 0.717) is 5.75 Å². The maximum atomic E-state index is 13.1. The Morgan fingerprint density at radius 3 is 2.34 bits per heavy atom. The van der Waals surface area contributed by atoms with Crippen molar-refractivity contribution in [3.8, 4) is 11.1 Å². The minimum Gasteiger partial charge on any atom is -0.480 e. The van der Waals surface area contributed by atoms with Gasteiger partial charge in [-0.15, -0.1) is 0 Å². The number of aryl methyl sites for hydroxylation is 1. The van der Waals surface area contributed by atoms with Gasteiger partial charge >= 0.3 is 12.1 Å². The predicted molar refractivity (Wildman–Crippen MR) is 134 cm³/mol. The molecule has 2 amide bonds. The first kappa shape index (κ1) is 24.3. The SMILES string of the molecule is CSCCN(CC(=O)O)C(=O)c1cn(C)nc1NC(=O)OCC1c2ccccc2-c2ccccc21. The Hall–Kier alpha value is -3.79. The number of benzene rings is 2. The van der Waals surface area contributed by atoms with Gasteiger partial charge in [-0.05, 0) is 28.5 Å². The molecule has 0 aliphatic heterocycles. The zero-order valence-electron chi connectivity index (χ0n) is 19.4. The van der Waals surface area contributed by atoms with Gasteiger partial charge in [0.2, 0.25) is 0 Å². The third-order valence-electron chi connectivity index (χ3n) is 5.80. The van der Waals surface area contributed by atoms with Crippen LogP contribution in [0.4, 0.5) is 10.6 Å². The molecule has 9 nitrogen and oxygen atoms in total. The Morgan fingerprint density at radius 2 is 1.74 bits per heavy atom. The Labute approximate surface area is 207 Å². The first-order valence-corrected chi connectivity index (χ1v) is 12.4. The Morgan fingerprint density at radius 1 is 1.11 bits per heavy atom. The molecular weight excluding hydrogens is 468 g/mol. The lowest BCUT2D eigenvalue weighted by atomic mass is 9.98. The molecule has 0 spiro atoms. The molecule has 10 heteroatoms. The number of hydrogen-bond acceptors (Lipinski definition) is 6. The second-order valence-corrected chi connectivity index (χ2v) is 9.11. The molecule has 4 rings (SSSR count). The minimum atomic E-state index is -1.12. The van der Waals surface area contributed by atoms with Gasteiger partial charge in [0.1, 0.15) is 18.7 Å². The number of anilines is 1. The van der Waals surface area contributed by atoms with Crippen molar-refractivity contribution in [3.63, 3.8) is 0 Å². The van der Waals surface area contributed by atoms with Crippen LogP contribution >= 0.6 is 11.8 Å². The fraction of sp³-hybridized carbons (Fsp3) is 0.280. The van der Waals surface area contributed by atoms with Crippen LogP contribution in [0.3, 0.4) is 0 Å². The van der Waals surface area contributed by atoms with Crippen molar-refractivity contribution in [1.82, 2.24) is 14.7 Å². The van der Waals surface area contributed by atoms with Gasteiger partial charge in [0, 0.05) is 31.5 Å². The maximum absolute atomic E-state index is 13.1. The van der Waals surface area contributed by atoms with Crippen molar-refractivity contribution in [2.45, 2.75) is 5.92 Å². The molecule has 2 N–H and O–H groups in total. The first-order chi connectivity index (χ1) is 16.9. The summed E-state index contributed by atoms with van der Waals surface area (Å²) in [6, 6.07) is 16.1. The first-order valence-electron chi connectivity index (χ1n) is 11.0. The maximum Gasteiger partial charge on any atom is 0.412 e. The summed E-state index contributed by atoms with van der Waals surface area (Å²) < 4.78 is 6.94. The van der Waals surface area contributed by atoms with Crippen molar-refractivity contribution in [2.24, 2.45) is 7.05 Å². The summed E-state index contributed by atoms with van der Waals surface area (Å²) in [7, 11) is 1.61. The van der Waals surface area contributed by atoms with Crippen molar-refractivity contribution in [3.05, 3.63) is 71.4 Å². The number of hydrogen-bond donors (Lipinski definition) is 2. The van der Waals surface area contributed by atoms with E-state index in [0.717, 1.165) is 22.3 Å². The fourth-order valence-corrected chi connectivity index (χ4v) is 4.66. The number of aliphatic carboxylic acids is 1. The van der Waals surface area contributed by atoms with Gasteiger partial charge in [0.05, 0.1) is 0 Å². The molecule has 1 aromatic heterocycles. The van der Waals surface area contributed by atoms with Crippen molar-refractivity contribution in [2.75, 3.05) is 37.0 Å². The smallest absolute Gasteiger partial charge is 0.412 e. The molecule has 0 radical (unpaired) electrons. The van der Waals surface area contributed by atoms with Crippen LogP contribution in [0.2, 0.25) is 0 Å². The monoisotopic (exact) mass is 494 g/mol. The summed E-state index contributed by atoms with van der Waals surface area (Å²) in [6.07, 6.45) is 2.58. The highest BCUT2D eigenvalue weighted by atomic mass is 32.2.